The quantitative estimate of drug-likeness (QED) is 0.760. The second-order valence-electron chi connectivity index (χ2n) is 8.47. The van der Waals surface area contributed by atoms with Crippen molar-refractivity contribution in [2.45, 2.75) is 43.7 Å². The van der Waals surface area contributed by atoms with Crippen molar-refractivity contribution in [2.24, 2.45) is 0 Å². The normalized spacial score (nSPS) is 20.4. The van der Waals surface area contributed by atoms with Gasteiger partial charge in [-0.15, -0.1) is 0 Å². The lowest BCUT2D eigenvalue weighted by Crippen LogP contribution is -2.54. The number of halogens is 1. The van der Waals surface area contributed by atoms with Crippen molar-refractivity contribution >= 4 is 28.9 Å². The molecular formula is C24H24ClN5O2. The zero-order valence-electron chi connectivity index (χ0n) is 17.7. The highest BCUT2D eigenvalue weighted by atomic mass is 35.5. The van der Waals surface area contributed by atoms with Gasteiger partial charge in [0.15, 0.2) is 5.69 Å². The molecule has 32 heavy (non-hydrogen) atoms. The van der Waals surface area contributed by atoms with Crippen LogP contribution in [0.1, 0.15) is 37.8 Å². The highest BCUT2D eigenvalue weighted by Crippen LogP contribution is 2.50. The molecule has 0 radical (unpaired) electrons. The summed E-state index contributed by atoms with van der Waals surface area (Å²) in [6, 6.07) is 11.4. The highest BCUT2D eigenvalue weighted by Gasteiger charge is 2.58. The Morgan fingerprint density at radius 3 is 2.53 bits per heavy atom. The first kappa shape index (κ1) is 20.8. The van der Waals surface area contributed by atoms with Crippen LogP contribution in [0.5, 0.6) is 5.75 Å². The van der Waals surface area contributed by atoms with Gasteiger partial charge in [0.1, 0.15) is 29.3 Å². The van der Waals surface area contributed by atoms with Gasteiger partial charge in [0.25, 0.3) is 5.91 Å². The zero-order chi connectivity index (χ0) is 22.3. The summed E-state index contributed by atoms with van der Waals surface area (Å²) in [6.45, 7) is 6.20. The van der Waals surface area contributed by atoms with Crippen LogP contribution in [0.4, 0.5) is 11.4 Å². The Bertz CT molecular complexity index is 1100. The summed E-state index contributed by atoms with van der Waals surface area (Å²) in [5, 5.41) is 12.7. The molecule has 1 aromatic carbocycles. The maximum atomic E-state index is 13.6. The van der Waals surface area contributed by atoms with Crippen LogP contribution in [-0.2, 0) is 4.79 Å². The standard InChI is InChI=1S/C24H24ClN5O2/c1-16-29(18-13-21(25)22(14-26)28-15-18)23(31)24(9-2-10-24)30(16)17-3-5-19(6-4-17)32-20-7-11-27-12-8-20/h3-6,13,15,20,27H,1-2,7-12H2. The molecule has 2 saturated heterocycles. The lowest BCUT2D eigenvalue weighted by Gasteiger charge is -2.43. The Morgan fingerprint density at radius 1 is 1.22 bits per heavy atom. The van der Waals surface area contributed by atoms with Gasteiger partial charge in [-0.3, -0.25) is 9.69 Å². The number of nitriles is 1. The van der Waals surface area contributed by atoms with E-state index in [2.05, 4.69) is 16.9 Å². The van der Waals surface area contributed by atoms with E-state index >= 15 is 0 Å². The number of nitrogens with one attached hydrogen (secondary N) is 1. The number of carbonyl (C=O) groups is 1. The third-order valence-electron chi connectivity index (χ3n) is 6.60. The smallest absolute Gasteiger partial charge is 0.259 e. The fraction of sp³-hybridized carbons (Fsp3) is 0.375. The fourth-order valence-corrected chi connectivity index (χ4v) is 4.99. The molecule has 1 aliphatic carbocycles. The van der Waals surface area contributed by atoms with Crippen LogP contribution in [0.2, 0.25) is 5.02 Å². The van der Waals surface area contributed by atoms with E-state index in [1.807, 2.05) is 35.2 Å². The van der Waals surface area contributed by atoms with E-state index in [1.54, 1.807) is 11.0 Å². The van der Waals surface area contributed by atoms with E-state index < -0.39 is 5.54 Å². The van der Waals surface area contributed by atoms with Crippen molar-refractivity contribution in [2.75, 3.05) is 22.9 Å². The van der Waals surface area contributed by atoms with Gasteiger partial charge in [0.2, 0.25) is 0 Å². The predicted octanol–water partition coefficient (Wildman–Crippen LogP) is 3.98. The van der Waals surface area contributed by atoms with Crippen molar-refractivity contribution in [3.8, 4) is 11.8 Å². The lowest BCUT2D eigenvalue weighted by atomic mass is 9.75. The maximum absolute atomic E-state index is 13.6. The summed E-state index contributed by atoms with van der Waals surface area (Å²) in [7, 11) is 0. The van der Waals surface area contributed by atoms with Crippen molar-refractivity contribution in [1.82, 2.24) is 10.3 Å². The number of rotatable bonds is 4. The number of ether oxygens (including phenoxy) is 1. The van der Waals surface area contributed by atoms with E-state index in [-0.39, 0.29) is 22.7 Å². The largest absolute Gasteiger partial charge is 0.490 e. The number of carbonyl (C=O) groups excluding carboxylic acids is 1. The minimum atomic E-state index is -0.644. The van der Waals surface area contributed by atoms with Crippen LogP contribution in [0.25, 0.3) is 0 Å². The van der Waals surface area contributed by atoms with Gasteiger partial charge in [-0.25, -0.2) is 4.98 Å². The number of hydrogen-bond donors (Lipinski definition) is 1. The highest BCUT2D eigenvalue weighted by molar-refractivity contribution is 6.32. The van der Waals surface area contributed by atoms with Gasteiger partial charge in [0.05, 0.1) is 16.9 Å². The summed E-state index contributed by atoms with van der Waals surface area (Å²) < 4.78 is 6.13. The van der Waals surface area contributed by atoms with Crippen molar-refractivity contribution in [3.63, 3.8) is 0 Å². The molecule has 8 heteroatoms. The van der Waals surface area contributed by atoms with Gasteiger partial charge in [-0.2, -0.15) is 5.26 Å². The molecule has 0 bridgehead atoms. The van der Waals surface area contributed by atoms with Gasteiger partial charge >= 0.3 is 0 Å². The maximum Gasteiger partial charge on any atom is 0.259 e. The zero-order valence-corrected chi connectivity index (χ0v) is 18.4. The summed E-state index contributed by atoms with van der Waals surface area (Å²) in [5.41, 5.74) is 0.904. The Kier molecular flexibility index (Phi) is 5.28. The minimum Gasteiger partial charge on any atom is -0.490 e. The molecule has 3 heterocycles. The molecule has 1 spiro atoms. The average Bonchev–Trinajstić information content (AvgIpc) is 3.02. The number of pyridine rings is 1. The molecule has 0 atom stereocenters. The number of piperidine rings is 1. The van der Waals surface area contributed by atoms with Crippen molar-refractivity contribution < 1.29 is 9.53 Å². The molecule has 1 saturated carbocycles. The van der Waals surface area contributed by atoms with Gasteiger partial charge in [-0.05, 0) is 75.5 Å². The summed E-state index contributed by atoms with van der Waals surface area (Å²) >= 11 is 6.19. The minimum absolute atomic E-state index is 0.0358. The second-order valence-corrected chi connectivity index (χ2v) is 8.88. The summed E-state index contributed by atoms with van der Waals surface area (Å²) in [4.78, 5) is 21.3. The molecule has 0 unspecified atom stereocenters. The average molecular weight is 450 g/mol. The Labute approximate surface area is 192 Å². The molecule has 2 aliphatic heterocycles. The fourth-order valence-electron chi connectivity index (χ4n) is 4.79. The molecule has 2 aromatic rings. The topological polar surface area (TPSA) is 81.5 Å². The molecule has 1 amide bonds. The summed E-state index contributed by atoms with van der Waals surface area (Å²) in [5.74, 6) is 1.36. The molecule has 5 rings (SSSR count). The number of nitrogens with zero attached hydrogens (tertiary/aromatic N) is 4. The van der Waals surface area contributed by atoms with Crippen LogP contribution >= 0.6 is 11.6 Å². The molecular weight excluding hydrogens is 426 g/mol. The number of benzene rings is 1. The van der Waals surface area contributed by atoms with E-state index in [0.717, 1.165) is 56.6 Å². The Balaban J connectivity index is 1.43. The molecule has 1 N–H and O–H groups in total. The third kappa shape index (κ3) is 3.31. The van der Waals surface area contributed by atoms with Gasteiger partial charge in [0, 0.05) is 5.69 Å². The predicted molar refractivity (Wildman–Crippen MR) is 123 cm³/mol. The Morgan fingerprint density at radius 2 is 1.94 bits per heavy atom. The van der Waals surface area contributed by atoms with E-state index in [1.165, 1.54) is 6.20 Å². The second kappa shape index (κ2) is 8.12. The van der Waals surface area contributed by atoms with E-state index in [9.17, 15) is 4.79 Å². The van der Waals surface area contributed by atoms with Crippen molar-refractivity contribution in [1.29, 1.82) is 5.26 Å². The van der Waals surface area contributed by atoms with Gasteiger partial charge < -0.3 is 15.0 Å². The van der Waals surface area contributed by atoms with Crippen LogP contribution in [-0.4, -0.2) is 35.6 Å². The van der Waals surface area contributed by atoms with Crippen LogP contribution in [0, 0.1) is 11.3 Å². The van der Waals surface area contributed by atoms with Crippen molar-refractivity contribution in [3.05, 3.63) is 59.6 Å². The number of hydrogen-bond acceptors (Lipinski definition) is 6. The SMILES string of the molecule is C=C1N(c2cnc(C#N)c(Cl)c2)C(=O)C2(CCC2)N1c1ccc(OC2CCNCC2)cc1. The molecule has 1 aromatic heterocycles. The van der Waals surface area contributed by atoms with Crippen LogP contribution in [0.15, 0.2) is 48.9 Å². The lowest BCUT2D eigenvalue weighted by molar-refractivity contribution is -0.123. The number of aromatic nitrogens is 1. The molecule has 3 aliphatic rings. The van der Waals surface area contributed by atoms with E-state index in [0.29, 0.717) is 11.5 Å². The van der Waals surface area contributed by atoms with Gasteiger partial charge in [-0.1, -0.05) is 18.2 Å². The monoisotopic (exact) mass is 449 g/mol. The first-order valence-electron chi connectivity index (χ1n) is 10.9. The first-order chi connectivity index (χ1) is 15.5. The summed E-state index contributed by atoms with van der Waals surface area (Å²) in [6.07, 6.45) is 6.22. The van der Waals surface area contributed by atoms with Crippen LogP contribution in [0.3, 0.4) is 0 Å². The third-order valence-corrected chi connectivity index (χ3v) is 6.89. The molecule has 3 fully saturated rings. The van der Waals surface area contributed by atoms with E-state index in [4.69, 9.17) is 21.6 Å². The molecule has 7 nitrogen and oxygen atoms in total. The number of anilines is 2. The van der Waals surface area contributed by atoms with Crippen LogP contribution < -0.4 is 19.9 Å². The first-order valence-corrected chi connectivity index (χ1v) is 11.3. The number of amides is 1. The molecule has 164 valence electrons. The Hall–Kier alpha value is -3.08.